The highest BCUT2D eigenvalue weighted by molar-refractivity contribution is 5.84. The third-order valence-corrected chi connectivity index (χ3v) is 4.90. The fourth-order valence-electron chi connectivity index (χ4n) is 3.12. The molecule has 0 saturated carbocycles. The first-order valence-electron chi connectivity index (χ1n) is 7.52. The van der Waals surface area contributed by atoms with Crippen LogP contribution in [-0.4, -0.2) is 30.9 Å². The van der Waals surface area contributed by atoms with E-state index < -0.39 is 0 Å². The zero-order valence-corrected chi connectivity index (χ0v) is 13.0. The molecular formula is C17H26N2O. The van der Waals surface area contributed by atoms with Crippen molar-refractivity contribution in [1.82, 2.24) is 10.2 Å². The second-order valence-corrected chi connectivity index (χ2v) is 6.24. The molecule has 2 atom stereocenters. The van der Waals surface area contributed by atoms with Crippen LogP contribution in [0.1, 0.15) is 38.8 Å². The minimum atomic E-state index is -0.238. The van der Waals surface area contributed by atoms with Gasteiger partial charge in [-0.2, -0.15) is 0 Å². The van der Waals surface area contributed by atoms with Gasteiger partial charge in [-0.1, -0.05) is 44.2 Å². The van der Waals surface area contributed by atoms with E-state index in [1.807, 2.05) is 30.1 Å². The van der Waals surface area contributed by atoms with E-state index in [0.717, 1.165) is 19.5 Å². The summed E-state index contributed by atoms with van der Waals surface area (Å²) in [4.78, 5) is 14.9. The fraction of sp³-hybridized carbons (Fsp3) is 0.588. The summed E-state index contributed by atoms with van der Waals surface area (Å²) in [5.41, 5.74) is 0.950. The van der Waals surface area contributed by atoms with Crippen molar-refractivity contribution >= 4 is 5.91 Å². The first kappa shape index (κ1) is 15.0. The molecule has 2 rings (SSSR count). The standard InChI is InChI=1S/C17H26N2O/c1-13(2)17(10-11-18-12-17)16(20)19(4)14(3)15-8-6-5-7-9-15/h5-9,13-14,18H,10-12H2,1-4H3. The van der Waals surface area contributed by atoms with Crippen molar-refractivity contribution in [3.63, 3.8) is 0 Å². The van der Waals surface area contributed by atoms with Crippen molar-refractivity contribution < 1.29 is 4.79 Å². The molecule has 0 radical (unpaired) electrons. The Labute approximate surface area is 122 Å². The van der Waals surface area contributed by atoms with E-state index in [0.29, 0.717) is 5.92 Å². The number of nitrogens with one attached hydrogen (secondary N) is 1. The molecule has 1 aliphatic heterocycles. The van der Waals surface area contributed by atoms with Crippen molar-refractivity contribution in [2.45, 2.75) is 33.2 Å². The van der Waals surface area contributed by atoms with Gasteiger partial charge in [-0.25, -0.2) is 0 Å². The maximum absolute atomic E-state index is 13.0. The lowest BCUT2D eigenvalue weighted by atomic mass is 9.75. The highest BCUT2D eigenvalue weighted by Crippen LogP contribution is 2.37. The summed E-state index contributed by atoms with van der Waals surface area (Å²) < 4.78 is 0. The molecule has 3 nitrogen and oxygen atoms in total. The Morgan fingerprint density at radius 1 is 1.25 bits per heavy atom. The summed E-state index contributed by atoms with van der Waals surface area (Å²) in [5.74, 6) is 0.629. The monoisotopic (exact) mass is 274 g/mol. The highest BCUT2D eigenvalue weighted by atomic mass is 16.2. The molecule has 3 heteroatoms. The summed E-state index contributed by atoms with van der Waals surface area (Å²) in [7, 11) is 1.93. The van der Waals surface area contributed by atoms with E-state index in [1.54, 1.807) is 0 Å². The molecule has 0 aromatic heterocycles. The number of rotatable bonds is 4. The summed E-state index contributed by atoms with van der Waals surface area (Å²) >= 11 is 0. The summed E-state index contributed by atoms with van der Waals surface area (Å²) in [6, 6.07) is 10.3. The molecule has 0 bridgehead atoms. The average Bonchev–Trinajstić information content (AvgIpc) is 2.96. The van der Waals surface area contributed by atoms with Gasteiger partial charge in [-0.3, -0.25) is 4.79 Å². The van der Waals surface area contributed by atoms with E-state index in [1.165, 1.54) is 5.56 Å². The zero-order chi connectivity index (χ0) is 14.8. The van der Waals surface area contributed by atoms with E-state index in [4.69, 9.17) is 0 Å². The van der Waals surface area contributed by atoms with Crippen molar-refractivity contribution in [3.8, 4) is 0 Å². The Morgan fingerprint density at radius 3 is 2.40 bits per heavy atom. The smallest absolute Gasteiger partial charge is 0.230 e. The number of hydrogen-bond acceptors (Lipinski definition) is 2. The van der Waals surface area contributed by atoms with E-state index in [9.17, 15) is 4.79 Å². The minimum Gasteiger partial charge on any atom is -0.338 e. The quantitative estimate of drug-likeness (QED) is 0.915. The SMILES string of the molecule is CC(c1ccccc1)N(C)C(=O)C1(C(C)C)CCNC1. The molecule has 2 unspecified atom stereocenters. The van der Waals surface area contributed by atoms with Crippen LogP contribution in [0.2, 0.25) is 0 Å². The van der Waals surface area contributed by atoms with Crippen LogP contribution in [0.3, 0.4) is 0 Å². The van der Waals surface area contributed by atoms with Crippen molar-refractivity contribution in [1.29, 1.82) is 0 Å². The van der Waals surface area contributed by atoms with Crippen LogP contribution >= 0.6 is 0 Å². The molecule has 0 spiro atoms. The van der Waals surface area contributed by atoms with E-state index in [2.05, 4.69) is 38.2 Å². The Bertz CT molecular complexity index is 449. The lowest BCUT2D eigenvalue weighted by molar-refractivity contribution is -0.144. The molecule has 1 aromatic carbocycles. The number of benzene rings is 1. The van der Waals surface area contributed by atoms with E-state index in [-0.39, 0.29) is 17.4 Å². The van der Waals surface area contributed by atoms with Gasteiger partial charge in [0.25, 0.3) is 0 Å². The van der Waals surface area contributed by atoms with Crippen molar-refractivity contribution in [3.05, 3.63) is 35.9 Å². The first-order chi connectivity index (χ1) is 9.49. The van der Waals surface area contributed by atoms with Crippen molar-refractivity contribution in [2.24, 2.45) is 11.3 Å². The van der Waals surface area contributed by atoms with Crippen LogP contribution in [-0.2, 0) is 4.79 Å². The lowest BCUT2D eigenvalue weighted by Crippen LogP contribution is -2.47. The number of carbonyl (C=O) groups is 1. The largest absolute Gasteiger partial charge is 0.338 e. The van der Waals surface area contributed by atoms with Gasteiger partial charge in [-0.15, -0.1) is 0 Å². The van der Waals surface area contributed by atoms with Gasteiger partial charge in [0.1, 0.15) is 0 Å². The fourth-order valence-corrected chi connectivity index (χ4v) is 3.12. The first-order valence-corrected chi connectivity index (χ1v) is 7.52. The summed E-state index contributed by atoms with van der Waals surface area (Å²) in [6.07, 6.45) is 0.940. The van der Waals surface area contributed by atoms with Crippen LogP contribution in [0.5, 0.6) is 0 Å². The molecule has 1 amide bonds. The van der Waals surface area contributed by atoms with Gasteiger partial charge >= 0.3 is 0 Å². The Hall–Kier alpha value is -1.35. The van der Waals surface area contributed by atoms with Crippen LogP contribution < -0.4 is 5.32 Å². The molecule has 0 aliphatic carbocycles. The van der Waals surface area contributed by atoms with Crippen LogP contribution in [0.15, 0.2) is 30.3 Å². The predicted molar refractivity (Wildman–Crippen MR) is 82.4 cm³/mol. The summed E-state index contributed by atoms with van der Waals surface area (Å²) in [6.45, 7) is 8.16. The molecule has 1 fully saturated rings. The molecule has 1 aliphatic rings. The predicted octanol–water partition coefficient (Wildman–Crippen LogP) is 2.84. The maximum atomic E-state index is 13.0. The van der Waals surface area contributed by atoms with Gasteiger partial charge in [0.15, 0.2) is 0 Å². The molecular weight excluding hydrogens is 248 g/mol. The number of hydrogen-bond donors (Lipinski definition) is 1. The number of nitrogens with zero attached hydrogens (tertiary/aromatic N) is 1. The van der Waals surface area contributed by atoms with Gasteiger partial charge < -0.3 is 10.2 Å². The van der Waals surface area contributed by atoms with Gasteiger partial charge in [0.05, 0.1) is 11.5 Å². The zero-order valence-electron chi connectivity index (χ0n) is 13.0. The third kappa shape index (κ3) is 2.59. The molecule has 110 valence electrons. The Morgan fingerprint density at radius 2 is 1.90 bits per heavy atom. The molecule has 1 aromatic rings. The molecule has 1 saturated heterocycles. The molecule has 1 N–H and O–H groups in total. The molecule has 1 heterocycles. The minimum absolute atomic E-state index is 0.111. The van der Waals surface area contributed by atoms with Crippen LogP contribution in [0, 0.1) is 11.3 Å². The van der Waals surface area contributed by atoms with Gasteiger partial charge in [0, 0.05) is 13.6 Å². The number of amides is 1. The second kappa shape index (κ2) is 5.96. The normalized spacial score (nSPS) is 23.9. The van der Waals surface area contributed by atoms with Gasteiger partial charge in [-0.05, 0) is 31.4 Å². The lowest BCUT2D eigenvalue weighted by Gasteiger charge is -2.37. The van der Waals surface area contributed by atoms with Crippen LogP contribution in [0.25, 0.3) is 0 Å². The van der Waals surface area contributed by atoms with E-state index >= 15 is 0 Å². The highest BCUT2D eigenvalue weighted by Gasteiger charge is 2.46. The van der Waals surface area contributed by atoms with Gasteiger partial charge in [0.2, 0.25) is 5.91 Å². The second-order valence-electron chi connectivity index (χ2n) is 6.24. The average molecular weight is 274 g/mol. The number of carbonyl (C=O) groups excluding carboxylic acids is 1. The van der Waals surface area contributed by atoms with Crippen LogP contribution in [0.4, 0.5) is 0 Å². The summed E-state index contributed by atoms with van der Waals surface area (Å²) in [5, 5.41) is 3.36. The van der Waals surface area contributed by atoms with Crippen molar-refractivity contribution in [2.75, 3.05) is 20.1 Å². The molecule has 20 heavy (non-hydrogen) atoms. The Balaban J connectivity index is 2.19. The third-order valence-electron chi connectivity index (χ3n) is 4.90. The Kier molecular flexibility index (Phi) is 4.48. The topological polar surface area (TPSA) is 32.3 Å². The maximum Gasteiger partial charge on any atom is 0.230 e.